The minimum Gasteiger partial charge on any atom is -0.445 e. The number of anilines is 1. The van der Waals surface area contributed by atoms with E-state index in [2.05, 4.69) is 46.8 Å². The van der Waals surface area contributed by atoms with E-state index in [4.69, 9.17) is 24.5 Å². The molecular formula is C22H29FN5O14P3. The van der Waals surface area contributed by atoms with E-state index in [1.54, 1.807) is 10.8 Å². The topological polar surface area (TPSA) is 262 Å². The molecule has 1 amide bonds. The summed E-state index contributed by atoms with van der Waals surface area (Å²) in [6, 6.07) is 0. The molecule has 3 heterocycles. The monoisotopic (exact) mass is 699 g/mol. The fraction of sp³-hybridized carbons (Fsp3) is 0.409. The number of nitrogen functional groups attached to an aromatic ring is 1. The van der Waals surface area contributed by atoms with Crippen LogP contribution in [0.15, 0.2) is 37.6 Å². The molecule has 248 valence electrons. The van der Waals surface area contributed by atoms with Crippen molar-refractivity contribution in [2.24, 2.45) is 0 Å². The molecule has 19 nitrogen and oxygen atoms in total. The number of alkyl carbamates (subject to hydrolysis) is 1. The summed E-state index contributed by atoms with van der Waals surface area (Å²) in [6.07, 6.45) is 2.04. The Balaban J connectivity index is 1.78. The molecule has 1 aliphatic heterocycles. The van der Waals surface area contributed by atoms with Gasteiger partial charge in [-0.25, -0.2) is 32.8 Å². The second-order valence-corrected chi connectivity index (χ2v) is 13.3. The molecule has 23 heteroatoms. The molecule has 6 atom stereocenters. The summed E-state index contributed by atoms with van der Waals surface area (Å²) in [5, 5.41) is 2.73. The number of carbonyl (C=O) groups is 1. The zero-order valence-corrected chi connectivity index (χ0v) is 26.0. The predicted molar refractivity (Wildman–Crippen MR) is 151 cm³/mol. The van der Waals surface area contributed by atoms with E-state index in [0.717, 1.165) is 6.08 Å². The first-order valence-electron chi connectivity index (χ1n) is 12.5. The molecule has 2 aromatic heterocycles. The lowest BCUT2D eigenvalue weighted by Gasteiger charge is -2.21. The highest BCUT2D eigenvalue weighted by atomic mass is 31.3. The summed E-state index contributed by atoms with van der Waals surface area (Å²) in [5.74, 6) is 5.65. The number of phosphoric ester groups is 2. The second kappa shape index (κ2) is 16.0. The number of nitrogens with zero attached hydrogens (tertiary/aromatic N) is 3. The van der Waals surface area contributed by atoms with Gasteiger partial charge in [0.15, 0.2) is 0 Å². The number of hydrogen-bond donors (Lipinski definition) is 5. The van der Waals surface area contributed by atoms with Crippen molar-refractivity contribution in [3.63, 3.8) is 0 Å². The molecule has 0 bridgehead atoms. The molecule has 2 aromatic rings. The highest BCUT2D eigenvalue weighted by Gasteiger charge is 2.44. The van der Waals surface area contributed by atoms with Gasteiger partial charge >= 0.3 is 29.6 Å². The van der Waals surface area contributed by atoms with Crippen molar-refractivity contribution in [2.45, 2.75) is 24.9 Å². The van der Waals surface area contributed by atoms with Crippen LogP contribution in [0.25, 0.3) is 11.0 Å². The summed E-state index contributed by atoms with van der Waals surface area (Å²) in [5.41, 5.74) is 6.73. The van der Waals surface area contributed by atoms with Gasteiger partial charge in [-0.1, -0.05) is 17.9 Å². The van der Waals surface area contributed by atoms with E-state index in [-0.39, 0.29) is 38.3 Å². The van der Waals surface area contributed by atoms with Crippen LogP contribution in [-0.4, -0.2) is 81.0 Å². The van der Waals surface area contributed by atoms with E-state index in [1.807, 2.05) is 0 Å². The van der Waals surface area contributed by atoms with Crippen LogP contribution in [0.1, 0.15) is 18.2 Å². The Morgan fingerprint density at radius 2 is 1.98 bits per heavy atom. The molecule has 1 fully saturated rings. The molecule has 3 unspecified atom stereocenters. The predicted octanol–water partition coefficient (Wildman–Crippen LogP) is 2.43. The van der Waals surface area contributed by atoms with Gasteiger partial charge in [0.05, 0.1) is 43.1 Å². The van der Waals surface area contributed by atoms with E-state index in [1.165, 1.54) is 12.4 Å². The molecule has 0 radical (unpaired) electrons. The van der Waals surface area contributed by atoms with Crippen LogP contribution in [-0.2, 0) is 45.6 Å². The fourth-order valence-electron chi connectivity index (χ4n) is 3.78. The quantitative estimate of drug-likeness (QED) is 0.101. The maximum Gasteiger partial charge on any atom is 0.490 e. The number of rotatable bonds is 15. The number of nitrogens with two attached hydrogens (primary N) is 1. The van der Waals surface area contributed by atoms with Crippen LogP contribution in [0, 0.1) is 11.8 Å². The Labute approximate surface area is 254 Å². The molecule has 45 heavy (non-hydrogen) atoms. The lowest BCUT2D eigenvalue weighted by Crippen LogP contribution is -2.29. The fourth-order valence-corrected chi connectivity index (χ4v) is 7.04. The Bertz CT molecular complexity index is 1610. The average molecular weight is 699 g/mol. The van der Waals surface area contributed by atoms with Crippen molar-refractivity contribution < 1.29 is 69.4 Å². The van der Waals surface area contributed by atoms with Crippen molar-refractivity contribution in [1.82, 2.24) is 19.9 Å². The maximum absolute atomic E-state index is 12.4. The van der Waals surface area contributed by atoms with Crippen molar-refractivity contribution in [1.29, 1.82) is 0 Å². The average Bonchev–Trinajstić information content (AvgIpc) is 3.54. The minimum atomic E-state index is -5.61. The third kappa shape index (κ3) is 10.8. The lowest BCUT2D eigenvalue weighted by atomic mass is 10.2. The van der Waals surface area contributed by atoms with Gasteiger partial charge in [0.1, 0.15) is 36.7 Å². The van der Waals surface area contributed by atoms with E-state index >= 15 is 0 Å². The molecule has 0 aromatic carbocycles. The van der Waals surface area contributed by atoms with Crippen LogP contribution >= 0.6 is 23.5 Å². The number of carbonyl (C=O) groups excluding carboxylic acids is 1. The molecule has 0 spiro atoms. The largest absolute Gasteiger partial charge is 0.490 e. The normalized spacial score (nSPS) is 22.2. The van der Waals surface area contributed by atoms with Crippen LogP contribution in [0.4, 0.5) is 15.0 Å². The van der Waals surface area contributed by atoms with Gasteiger partial charge in [-0.05, 0) is 6.08 Å². The first kappa shape index (κ1) is 36.5. The maximum atomic E-state index is 12.4. The van der Waals surface area contributed by atoms with Crippen molar-refractivity contribution in [2.75, 3.05) is 39.2 Å². The van der Waals surface area contributed by atoms with Gasteiger partial charge in [-0.15, -0.1) is 6.58 Å². The smallest absolute Gasteiger partial charge is 0.445 e. The molecule has 1 aliphatic rings. The molecule has 0 aliphatic carbocycles. The summed E-state index contributed by atoms with van der Waals surface area (Å²) >= 11 is 0. The van der Waals surface area contributed by atoms with E-state index < -0.39 is 54.6 Å². The van der Waals surface area contributed by atoms with Crippen LogP contribution in [0.3, 0.4) is 0 Å². The van der Waals surface area contributed by atoms with Gasteiger partial charge in [-0.3, -0.25) is 9.05 Å². The van der Waals surface area contributed by atoms with Crippen LogP contribution < -0.4 is 11.1 Å². The highest BCUT2D eigenvalue weighted by Crippen LogP contribution is 2.67. The number of amides is 1. The van der Waals surface area contributed by atoms with Crippen LogP contribution in [0.5, 0.6) is 0 Å². The molecule has 3 rings (SSSR count). The Kier molecular flexibility index (Phi) is 13.0. The van der Waals surface area contributed by atoms with Gasteiger partial charge in [0, 0.05) is 19.7 Å². The van der Waals surface area contributed by atoms with Crippen molar-refractivity contribution in [3.8, 4) is 11.8 Å². The van der Waals surface area contributed by atoms with Gasteiger partial charge in [0.25, 0.3) is 0 Å². The minimum absolute atomic E-state index is 0.0464. The number of fused-ring (bicyclic) bond motifs is 1. The molecule has 0 saturated carbocycles. The first-order chi connectivity index (χ1) is 21.2. The summed E-state index contributed by atoms with van der Waals surface area (Å²) in [4.78, 5) is 48.6. The zero-order valence-electron chi connectivity index (χ0n) is 23.3. The van der Waals surface area contributed by atoms with Gasteiger partial charge < -0.3 is 44.5 Å². The van der Waals surface area contributed by atoms with Gasteiger partial charge in [-0.2, -0.15) is 8.62 Å². The number of ether oxygens (including phenoxy) is 3. The van der Waals surface area contributed by atoms with Crippen LogP contribution in [0.2, 0.25) is 0 Å². The SMILES string of the molecule is C=CCO[C@@H]1C[C@H](n2cc(C#CCNC(=O)OC/C=C\F)c3c(N)ncnc32)O[C@@H]1COP(=O)(O)OP(=O)(O)OP(=O)(O)OC. The second-order valence-electron chi connectivity index (χ2n) is 8.60. The number of halogens is 1. The summed E-state index contributed by atoms with van der Waals surface area (Å²) < 4.78 is 82.4. The van der Waals surface area contributed by atoms with Crippen molar-refractivity contribution >= 4 is 46.4 Å². The highest BCUT2D eigenvalue weighted by molar-refractivity contribution is 7.66. The zero-order chi connectivity index (χ0) is 33.3. The molecule has 6 N–H and O–H groups in total. The summed E-state index contributed by atoms with van der Waals surface area (Å²) in [7, 11) is -15.4. The Hall–Kier alpha value is -3.01. The molecular weight excluding hydrogens is 670 g/mol. The van der Waals surface area contributed by atoms with E-state index in [0.29, 0.717) is 23.7 Å². The van der Waals surface area contributed by atoms with Crippen molar-refractivity contribution in [3.05, 3.63) is 43.1 Å². The molecule has 1 saturated heterocycles. The first-order valence-corrected chi connectivity index (χ1v) is 16.9. The third-order valence-corrected chi connectivity index (χ3v) is 9.79. The van der Waals surface area contributed by atoms with Gasteiger partial charge in [0.2, 0.25) is 0 Å². The third-order valence-electron chi connectivity index (χ3n) is 5.55. The number of aromatic nitrogens is 3. The number of phosphoric acid groups is 3. The Morgan fingerprint density at radius 1 is 1.24 bits per heavy atom. The Morgan fingerprint density at radius 3 is 2.67 bits per heavy atom. The summed E-state index contributed by atoms with van der Waals surface area (Å²) in [6.45, 7) is 2.50. The number of hydrogen-bond acceptors (Lipinski definition) is 14. The number of nitrogens with one attached hydrogen (secondary N) is 1. The van der Waals surface area contributed by atoms with E-state index in [9.17, 15) is 37.6 Å². The standard InChI is InChI=1S/C22H29FN5O14P3/c1-3-9-37-16-11-18(40-17(16)13-39-44(32,33)42-45(34,35)41-43(30,31)36-2)28-12-15(19-20(24)26-14-27-21(19)28)6-4-8-25-22(29)38-10-5-7-23/h3,5,7,12,14,16-18H,1,8-11,13H2,2H3,(H,25,29)(H,30,31)(H,32,33)(H,34,35)(H2,24,26,27)/b7-5-/t16-,17-,18-/m1/s1. The lowest BCUT2D eigenvalue weighted by molar-refractivity contribution is -0.0550.